The first-order valence-electron chi connectivity index (χ1n) is 9.06. The molecule has 0 saturated heterocycles. The highest BCUT2D eigenvalue weighted by Crippen LogP contribution is 2.23. The van der Waals surface area contributed by atoms with Gasteiger partial charge in [-0.25, -0.2) is 8.42 Å². The number of amides is 1. The number of halogens is 1. The Bertz CT molecular complexity index is 933. The molecule has 2 aromatic carbocycles. The SMILES string of the molecule is CC(C)(C)c1ccc(CCC(=O)NCc2ccc(NS(C)(=O)=O)cc2Cl)cc1. The van der Waals surface area contributed by atoms with Crippen molar-refractivity contribution in [2.45, 2.75) is 45.6 Å². The van der Waals surface area contributed by atoms with Crippen LogP contribution in [0.25, 0.3) is 0 Å². The van der Waals surface area contributed by atoms with Gasteiger partial charge in [0.1, 0.15) is 0 Å². The first kappa shape index (κ1) is 22.2. The van der Waals surface area contributed by atoms with Crippen LogP contribution in [0.2, 0.25) is 5.02 Å². The number of nitrogens with one attached hydrogen (secondary N) is 2. The van der Waals surface area contributed by atoms with E-state index in [0.29, 0.717) is 30.1 Å². The zero-order valence-corrected chi connectivity index (χ0v) is 18.2. The Labute approximate surface area is 172 Å². The van der Waals surface area contributed by atoms with Crippen LogP contribution in [0.4, 0.5) is 5.69 Å². The summed E-state index contributed by atoms with van der Waals surface area (Å²) in [6, 6.07) is 13.2. The number of anilines is 1. The van der Waals surface area contributed by atoms with Gasteiger partial charge in [-0.1, -0.05) is 62.7 Å². The molecule has 0 saturated carbocycles. The number of aryl methyl sites for hydroxylation is 1. The summed E-state index contributed by atoms with van der Waals surface area (Å²) in [5, 5.41) is 3.25. The molecule has 152 valence electrons. The fraction of sp³-hybridized carbons (Fsp3) is 0.381. The molecule has 2 aromatic rings. The molecule has 2 N–H and O–H groups in total. The summed E-state index contributed by atoms with van der Waals surface area (Å²) >= 11 is 6.18. The Morgan fingerprint density at radius 2 is 1.71 bits per heavy atom. The van der Waals surface area contributed by atoms with Gasteiger partial charge in [-0.3, -0.25) is 9.52 Å². The maximum atomic E-state index is 12.1. The van der Waals surface area contributed by atoms with Crippen LogP contribution in [0, 0.1) is 0 Å². The molecular weight excluding hydrogens is 396 g/mol. The first-order valence-corrected chi connectivity index (χ1v) is 11.3. The predicted octanol–water partition coefficient (Wildman–Crippen LogP) is 4.26. The molecule has 0 bridgehead atoms. The molecule has 0 aliphatic carbocycles. The Morgan fingerprint density at radius 3 is 2.25 bits per heavy atom. The Morgan fingerprint density at radius 1 is 1.07 bits per heavy atom. The minimum Gasteiger partial charge on any atom is -0.352 e. The fourth-order valence-corrected chi connectivity index (χ4v) is 3.48. The van der Waals surface area contributed by atoms with Crippen LogP contribution in [0.1, 0.15) is 43.9 Å². The number of hydrogen-bond donors (Lipinski definition) is 2. The van der Waals surface area contributed by atoms with Crippen molar-refractivity contribution in [3.63, 3.8) is 0 Å². The standard InChI is InChI=1S/C21H27ClN2O3S/c1-21(2,3)17-9-5-15(6-10-17)7-12-20(25)23-14-16-8-11-18(13-19(16)22)24-28(4,26)27/h5-6,8-11,13,24H,7,12,14H2,1-4H3,(H,23,25). The summed E-state index contributed by atoms with van der Waals surface area (Å²) in [5.41, 5.74) is 3.62. The van der Waals surface area contributed by atoms with Gasteiger partial charge in [-0.2, -0.15) is 0 Å². The van der Waals surface area contributed by atoms with E-state index >= 15 is 0 Å². The molecule has 0 aliphatic rings. The van der Waals surface area contributed by atoms with E-state index in [1.54, 1.807) is 12.1 Å². The zero-order chi connectivity index (χ0) is 20.9. The normalized spacial score (nSPS) is 11.9. The molecule has 28 heavy (non-hydrogen) atoms. The van der Waals surface area contributed by atoms with Crippen LogP contribution in [0.15, 0.2) is 42.5 Å². The van der Waals surface area contributed by atoms with Crippen LogP contribution in [0.3, 0.4) is 0 Å². The smallest absolute Gasteiger partial charge is 0.229 e. The van der Waals surface area contributed by atoms with Gasteiger partial charge >= 0.3 is 0 Å². The summed E-state index contributed by atoms with van der Waals surface area (Å²) in [7, 11) is -3.36. The molecule has 0 unspecified atom stereocenters. The maximum Gasteiger partial charge on any atom is 0.229 e. The van der Waals surface area contributed by atoms with Gasteiger partial charge in [0.15, 0.2) is 0 Å². The molecule has 5 nitrogen and oxygen atoms in total. The van der Waals surface area contributed by atoms with E-state index < -0.39 is 10.0 Å². The van der Waals surface area contributed by atoms with Gasteiger partial charge in [0.2, 0.25) is 15.9 Å². The molecule has 0 spiro atoms. The molecule has 0 heterocycles. The van der Waals surface area contributed by atoms with Gasteiger partial charge in [0.25, 0.3) is 0 Å². The average Bonchev–Trinajstić information content (AvgIpc) is 2.57. The summed E-state index contributed by atoms with van der Waals surface area (Å²) in [6.07, 6.45) is 2.13. The number of rotatable bonds is 7. The topological polar surface area (TPSA) is 75.3 Å². The van der Waals surface area contributed by atoms with E-state index in [1.807, 2.05) is 0 Å². The first-order chi connectivity index (χ1) is 12.9. The van der Waals surface area contributed by atoms with Crippen molar-refractivity contribution in [1.29, 1.82) is 0 Å². The van der Waals surface area contributed by atoms with Crippen LogP contribution < -0.4 is 10.0 Å². The number of carbonyl (C=O) groups excluding carboxylic acids is 1. The van der Waals surface area contributed by atoms with Crippen molar-refractivity contribution in [1.82, 2.24) is 5.32 Å². The van der Waals surface area contributed by atoms with E-state index in [2.05, 4.69) is 55.1 Å². The van der Waals surface area contributed by atoms with Gasteiger partial charge in [0, 0.05) is 23.7 Å². The lowest BCUT2D eigenvalue weighted by Crippen LogP contribution is -2.23. The molecule has 2 rings (SSSR count). The van der Waals surface area contributed by atoms with Crippen LogP contribution >= 0.6 is 11.6 Å². The number of benzene rings is 2. The predicted molar refractivity (Wildman–Crippen MR) is 115 cm³/mol. The quantitative estimate of drug-likeness (QED) is 0.700. The average molecular weight is 423 g/mol. The Balaban J connectivity index is 1.85. The van der Waals surface area contributed by atoms with E-state index in [1.165, 1.54) is 11.6 Å². The number of carbonyl (C=O) groups is 1. The van der Waals surface area contributed by atoms with Gasteiger partial charge in [-0.05, 0) is 40.7 Å². The van der Waals surface area contributed by atoms with E-state index in [-0.39, 0.29) is 11.3 Å². The molecule has 0 aliphatic heterocycles. The van der Waals surface area contributed by atoms with Crippen molar-refractivity contribution in [3.8, 4) is 0 Å². The number of hydrogen-bond acceptors (Lipinski definition) is 3. The molecular formula is C21H27ClN2O3S. The second-order valence-electron chi connectivity index (χ2n) is 7.90. The molecule has 1 amide bonds. The van der Waals surface area contributed by atoms with Crippen LogP contribution in [-0.2, 0) is 33.2 Å². The number of sulfonamides is 1. The van der Waals surface area contributed by atoms with E-state index in [4.69, 9.17) is 11.6 Å². The van der Waals surface area contributed by atoms with Crippen LogP contribution in [-0.4, -0.2) is 20.6 Å². The third-order valence-electron chi connectivity index (χ3n) is 4.29. The zero-order valence-electron chi connectivity index (χ0n) is 16.7. The molecule has 0 aromatic heterocycles. The second kappa shape index (κ2) is 8.97. The highest BCUT2D eigenvalue weighted by Gasteiger charge is 2.13. The Hall–Kier alpha value is -2.05. The minimum absolute atomic E-state index is 0.0608. The third kappa shape index (κ3) is 7.17. The molecule has 7 heteroatoms. The molecule has 0 radical (unpaired) electrons. The Kier molecular flexibility index (Phi) is 7.12. The third-order valence-corrected chi connectivity index (χ3v) is 5.25. The maximum absolute atomic E-state index is 12.1. The highest BCUT2D eigenvalue weighted by atomic mass is 35.5. The van der Waals surface area contributed by atoms with Crippen molar-refractivity contribution in [3.05, 3.63) is 64.2 Å². The fourth-order valence-electron chi connectivity index (χ4n) is 2.68. The lowest BCUT2D eigenvalue weighted by molar-refractivity contribution is -0.121. The van der Waals surface area contributed by atoms with Gasteiger partial charge in [0.05, 0.1) is 6.26 Å². The lowest BCUT2D eigenvalue weighted by Gasteiger charge is -2.19. The van der Waals surface area contributed by atoms with Crippen molar-refractivity contribution in [2.75, 3.05) is 11.0 Å². The monoisotopic (exact) mass is 422 g/mol. The van der Waals surface area contributed by atoms with E-state index in [9.17, 15) is 13.2 Å². The van der Waals surface area contributed by atoms with Gasteiger partial charge in [-0.15, -0.1) is 0 Å². The second-order valence-corrected chi connectivity index (χ2v) is 10.1. The molecule has 0 fully saturated rings. The largest absolute Gasteiger partial charge is 0.352 e. The summed E-state index contributed by atoms with van der Waals surface area (Å²) < 4.78 is 24.9. The van der Waals surface area contributed by atoms with Gasteiger partial charge < -0.3 is 5.32 Å². The van der Waals surface area contributed by atoms with Crippen molar-refractivity contribution in [2.24, 2.45) is 0 Å². The van der Waals surface area contributed by atoms with Crippen molar-refractivity contribution >= 4 is 33.2 Å². The summed E-state index contributed by atoms with van der Waals surface area (Å²) in [6.45, 7) is 6.80. The minimum atomic E-state index is -3.36. The summed E-state index contributed by atoms with van der Waals surface area (Å²) in [5.74, 6) is -0.0608. The van der Waals surface area contributed by atoms with Crippen LogP contribution in [0.5, 0.6) is 0 Å². The van der Waals surface area contributed by atoms with Crippen molar-refractivity contribution < 1.29 is 13.2 Å². The highest BCUT2D eigenvalue weighted by molar-refractivity contribution is 7.92. The molecule has 0 atom stereocenters. The summed E-state index contributed by atoms with van der Waals surface area (Å²) in [4.78, 5) is 12.1. The lowest BCUT2D eigenvalue weighted by atomic mass is 9.86. The van der Waals surface area contributed by atoms with E-state index in [0.717, 1.165) is 17.4 Å².